The van der Waals surface area contributed by atoms with Crippen molar-refractivity contribution in [3.05, 3.63) is 36.4 Å². The molecule has 1 aliphatic heterocycles. The lowest BCUT2D eigenvalue weighted by Crippen LogP contribution is -2.22. The molecule has 1 fully saturated rings. The van der Waals surface area contributed by atoms with Crippen molar-refractivity contribution in [2.45, 2.75) is 6.54 Å². The van der Waals surface area contributed by atoms with Crippen LogP contribution in [0.15, 0.2) is 36.4 Å². The van der Waals surface area contributed by atoms with Crippen molar-refractivity contribution in [1.29, 1.82) is 0 Å². The van der Waals surface area contributed by atoms with E-state index in [1.54, 1.807) is 0 Å². The molecule has 0 aromatic heterocycles. The highest BCUT2D eigenvalue weighted by Gasteiger charge is 2.10. The zero-order valence-corrected chi connectivity index (χ0v) is 7.06. The molecular weight excluding hydrogens is 175 g/mol. The number of hydrogen-bond acceptors (Lipinski definition) is 3. The minimum absolute atomic E-state index is 0.0127. The highest BCUT2D eigenvalue weighted by atomic mass is 19.2. The van der Waals surface area contributed by atoms with E-state index in [2.05, 4.69) is 14.2 Å². The van der Waals surface area contributed by atoms with Crippen molar-refractivity contribution in [1.82, 2.24) is 0 Å². The lowest BCUT2D eigenvalue weighted by atomic mass is 10.4. The van der Waals surface area contributed by atoms with Crippen molar-refractivity contribution in [2.75, 3.05) is 13.6 Å². The van der Waals surface area contributed by atoms with Crippen LogP contribution in [0.1, 0.15) is 0 Å². The molecule has 0 spiro atoms. The first kappa shape index (κ1) is 10.1. The number of hydrogen-bond donors (Lipinski definition) is 0. The third kappa shape index (κ3) is 5.30. The molecule has 1 heterocycles. The van der Waals surface area contributed by atoms with Crippen LogP contribution in [0.2, 0.25) is 0 Å². The molecule has 13 heavy (non-hydrogen) atoms. The van der Waals surface area contributed by atoms with Crippen molar-refractivity contribution in [3.8, 4) is 0 Å². The van der Waals surface area contributed by atoms with E-state index in [0.717, 1.165) is 0 Å². The fourth-order valence-corrected chi connectivity index (χ4v) is 0.670. The minimum atomic E-state index is -1.59. The van der Waals surface area contributed by atoms with E-state index in [1.165, 1.54) is 0 Å². The first-order chi connectivity index (χ1) is 6.39. The van der Waals surface area contributed by atoms with Crippen LogP contribution in [0.3, 0.4) is 0 Å². The number of rotatable bonds is 0. The molecular formula is C9H11FO3. The Labute approximate surface area is 76.0 Å². The summed E-state index contributed by atoms with van der Waals surface area (Å²) >= 11 is 0. The van der Waals surface area contributed by atoms with Gasteiger partial charge in [0.05, 0.1) is 0 Å². The molecule has 0 bridgehead atoms. The highest BCUT2D eigenvalue weighted by molar-refractivity contribution is 4.99. The Morgan fingerprint density at radius 3 is 1.46 bits per heavy atom. The van der Waals surface area contributed by atoms with E-state index in [0.29, 0.717) is 0 Å². The summed E-state index contributed by atoms with van der Waals surface area (Å²) < 4.78 is 24.4. The Morgan fingerprint density at radius 2 is 1.23 bits per heavy atom. The summed E-state index contributed by atoms with van der Waals surface area (Å²) in [6.45, 7) is -1.61. The zero-order valence-electron chi connectivity index (χ0n) is 7.06. The SMILES string of the molecule is FC1OCOCO1.c1ccccc1. The van der Waals surface area contributed by atoms with Crippen LogP contribution in [0, 0.1) is 0 Å². The molecule has 4 heteroatoms. The van der Waals surface area contributed by atoms with Gasteiger partial charge in [0.1, 0.15) is 0 Å². The van der Waals surface area contributed by atoms with Crippen molar-refractivity contribution < 1.29 is 18.6 Å². The normalized spacial score (nSPS) is 17.3. The number of ether oxygens (including phenoxy) is 3. The van der Waals surface area contributed by atoms with Gasteiger partial charge in [0.2, 0.25) is 0 Å². The Balaban J connectivity index is 0.000000132. The summed E-state index contributed by atoms with van der Waals surface area (Å²) in [5, 5.41) is 0. The van der Waals surface area contributed by atoms with Gasteiger partial charge in [-0.05, 0) is 0 Å². The first-order valence-corrected chi connectivity index (χ1v) is 3.84. The molecule has 1 aromatic carbocycles. The second-order valence-corrected chi connectivity index (χ2v) is 2.20. The Hall–Kier alpha value is -0.970. The van der Waals surface area contributed by atoms with E-state index in [1.807, 2.05) is 36.4 Å². The molecule has 0 N–H and O–H groups in total. The lowest BCUT2D eigenvalue weighted by Gasteiger charge is -2.15. The maximum atomic E-state index is 11.7. The summed E-state index contributed by atoms with van der Waals surface area (Å²) in [4.78, 5) is 0. The number of benzene rings is 1. The van der Waals surface area contributed by atoms with Gasteiger partial charge in [0.25, 0.3) is 0 Å². The molecule has 0 radical (unpaired) electrons. The second-order valence-electron chi connectivity index (χ2n) is 2.20. The molecule has 0 unspecified atom stereocenters. The van der Waals surface area contributed by atoms with E-state index in [9.17, 15) is 4.39 Å². The Kier molecular flexibility index (Phi) is 5.08. The van der Waals surface area contributed by atoms with Gasteiger partial charge in [-0.1, -0.05) is 36.4 Å². The van der Waals surface area contributed by atoms with Gasteiger partial charge >= 0.3 is 6.54 Å². The van der Waals surface area contributed by atoms with Crippen LogP contribution >= 0.6 is 0 Å². The Morgan fingerprint density at radius 1 is 0.846 bits per heavy atom. The lowest BCUT2D eigenvalue weighted by molar-refractivity contribution is -0.342. The molecule has 72 valence electrons. The molecule has 3 nitrogen and oxygen atoms in total. The van der Waals surface area contributed by atoms with E-state index in [4.69, 9.17) is 0 Å². The van der Waals surface area contributed by atoms with Crippen molar-refractivity contribution in [3.63, 3.8) is 0 Å². The summed E-state index contributed by atoms with van der Waals surface area (Å²) in [7, 11) is 0. The van der Waals surface area contributed by atoms with Gasteiger partial charge in [-0.2, -0.15) is 4.39 Å². The fourth-order valence-electron chi connectivity index (χ4n) is 0.670. The number of halogens is 1. The standard InChI is InChI=1S/C6H6.C3H5FO3/c1-2-4-6-5-3-1;4-3-6-1-5-2-7-3/h1-6H;3H,1-2H2. The molecule has 2 rings (SSSR count). The smallest absolute Gasteiger partial charge is 0.313 e. The van der Waals surface area contributed by atoms with Crippen LogP contribution in [-0.2, 0) is 14.2 Å². The Bertz CT molecular complexity index is 173. The van der Waals surface area contributed by atoms with Crippen molar-refractivity contribution >= 4 is 0 Å². The predicted octanol–water partition coefficient (Wildman–Crippen LogP) is 1.90. The molecule has 1 saturated heterocycles. The van der Waals surface area contributed by atoms with E-state index < -0.39 is 6.54 Å². The van der Waals surface area contributed by atoms with Crippen LogP contribution in [0.25, 0.3) is 0 Å². The highest BCUT2D eigenvalue weighted by Crippen LogP contribution is 2.01. The largest absolute Gasteiger partial charge is 0.329 e. The van der Waals surface area contributed by atoms with Gasteiger partial charge in [0, 0.05) is 0 Å². The quantitative estimate of drug-likeness (QED) is 0.619. The van der Waals surface area contributed by atoms with Crippen molar-refractivity contribution in [2.24, 2.45) is 0 Å². The van der Waals surface area contributed by atoms with Crippen LogP contribution in [0.5, 0.6) is 0 Å². The fraction of sp³-hybridized carbons (Fsp3) is 0.333. The summed E-state index contributed by atoms with van der Waals surface area (Å²) in [5.74, 6) is 0. The van der Waals surface area contributed by atoms with Gasteiger partial charge in [-0.15, -0.1) is 0 Å². The average molecular weight is 186 g/mol. The average Bonchev–Trinajstić information content (AvgIpc) is 2.22. The molecule has 0 amide bonds. The molecule has 1 aromatic rings. The van der Waals surface area contributed by atoms with E-state index >= 15 is 0 Å². The maximum Gasteiger partial charge on any atom is 0.313 e. The number of alkyl halides is 1. The van der Waals surface area contributed by atoms with Gasteiger partial charge in [0.15, 0.2) is 13.6 Å². The maximum absolute atomic E-state index is 11.7. The van der Waals surface area contributed by atoms with Gasteiger partial charge < -0.3 is 4.74 Å². The van der Waals surface area contributed by atoms with Gasteiger partial charge in [-0.3, -0.25) is 9.47 Å². The first-order valence-electron chi connectivity index (χ1n) is 3.84. The third-order valence-electron chi connectivity index (χ3n) is 1.23. The van der Waals surface area contributed by atoms with Crippen LogP contribution < -0.4 is 0 Å². The summed E-state index contributed by atoms with van der Waals surface area (Å²) in [5.41, 5.74) is 0. The molecule has 1 aliphatic rings. The predicted molar refractivity (Wildman–Crippen MR) is 44.3 cm³/mol. The van der Waals surface area contributed by atoms with Crippen LogP contribution in [-0.4, -0.2) is 20.1 Å². The van der Waals surface area contributed by atoms with Gasteiger partial charge in [-0.25, -0.2) is 0 Å². The van der Waals surface area contributed by atoms with Crippen LogP contribution in [0.4, 0.5) is 4.39 Å². The minimum Gasteiger partial charge on any atom is -0.329 e. The van der Waals surface area contributed by atoms with E-state index in [-0.39, 0.29) is 13.6 Å². The summed E-state index contributed by atoms with van der Waals surface area (Å²) in [6, 6.07) is 12.0. The third-order valence-corrected chi connectivity index (χ3v) is 1.23. The zero-order chi connectivity index (χ0) is 9.36. The molecule has 0 atom stereocenters. The second kappa shape index (κ2) is 6.54. The molecule has 0 saturated carbocycles. The summed E-state index contributed by atoms with van der Waals surface area (Å²) in [6.07, 6.45) is 0. The molecule has 0 aliphatic carbocycles. The monoisotopic (exact) mass is 186 g/mol. The topological polar surface area (TPSA) is 27.7 Å².